The molecule has 0 N–H and O–H groups in total. The second-order valence-electron chi connectivity index (χ2n) is 7.88. The normalized spacial score (nSPS) is 16.4. The third-order valence-corrected chi connectivity index (χ3v) is 5.82. The van der Waals surface area contributed by atoms with E-state index in [0.717, 1.165) is 49.9 Å². The van der Waals surface area contributed by atoms with E-state index >= 15 is 0 Å². The molecule has 4 nitrogen and oxygen atoms in total. The Balaban J connectivity index is 1.77. The standard InChI is InChI=1S/C22H31N3O/c1-15(2)17(4)22(26)25-13-7-10-18(11-8-14-25)21-20-16(3)9-6-12-19(20)24(5)23-21/h6,9,12,18H,7-8,10-11,13-14H2,1-5H3. The molecule has 2 aromatic rings. The van der Waals surface area contributed by atoms with Crippen LogP contribution in [0.2, 0.25) is 0 Å². The monoisotopic (exact) mass is 353 g/mol. The number of rotatable bonds is 2. The minimum absolute atomic E-state index is 0.211. The number of benzene rings is 1. The van der Waals surface area contributed by atoms with Crippen LogP contribution in [-0.4, -0.2) is 33.7 Å². The second-order valence-corrected chi connectivity index (χ2v) is 7.88. The van der Waals surface area contributed by atoms with Gasteiger partial charge in [0.1, 0.15) is 0 Å². The van der Waals surface area contributed by atoms with Gasteiger partial charge in [-0.15, -0.1) is 0 Å². The van der Waals surface area contributed by atoms with Crippen LogP contribution >= 0.6 is 0 Å². The molecule has 1 aliphatic heterocycles. The van der Waals surface area contributed by atoms with Gasteiger partial charge >= 0.3 is 0 Å². The second kappa shape index (κ2) is 7.65. The maximum Gasteiger partial charge on any atom is 0.249 e. The summed E-state index contributed by atoms with van der Waals surface area (Å²) in [5, 5.41) is 6.21. The summed E-state index contributed by atoms with van der Waals surface area (Å²) in [6.45, 7) is 9.86. The van der Waals surface area contributed by atoms with E-state index in [1.54, 1.807) is 0 Å². The molecular formula is C22H31N3O. The molecule has 26 heavy (non-hydrogen) atoms. The van der Waals surface area contributed by atoms with Crippen LogP contribution in [0.4, 0.5) is 0 Å². The van der Waals surface area contributed by atoms with E-state index in [9.17, 15) is 4.79 Å². The molecule has 0 spiro atoms. The van der Waals surface area contributed by atoms with Gasteiger partial charge in [0, 0.05) is 37.0 Å². The van der Waals surface area contributed by atoms with Crippen LogP contribution in [0.15, 0.2) is 29.3 Å². The van der Waals surface area contributed by atoms with E-state index in [4.69, 9.17) is 5.10 Å². The molecule has 0 radical (unpaired) electrons. The summed E-state index contributed by atoms with van der Waals surface area (Å²) in [7, 11) is 2.04. The predicted molar refractivity (Wildman–Crippen MR) is 107 cm³/mol. The van der Waals surface area contributed by atoms with Crippen molar-refractivity contribution in [3.63, 3.8) is 0 Å². The summed E-state index contributed by atoms with van der Waals surface area (Å²) in [4.78, 5) is 14.7. The number of aromatic nitrogens is 2. The highest BCUT2D eigenvalue weighted by molar-refractivity contribution is 5.93. The molecule has 0 bridgehead atoms. The lowest BCUT2D eigenvalue weighted by molar-refractivity contribution is -0.127. The molecule has 4 heteroatoms. The van der Waals surface area contributed by atoms with Gasteiger partial charge in [0.15, 0.2) is 0 Å². The zero-order valence-corrected chi connectivity index (χ0v) is 16.8. The highest BCUT2D eigenvalue weighted by Crippen LogP contribution is 2.34. The first-order valence-electron chi connectivity index (χ1n) is 9.75. The minimum Gasteiger partial charge on any atom is -0.339 e. The third-order valence-electron chi connectivity index (χ3n) is 5.82. The quantitative estimate of drug-likeness (QED) is 0.733. The smallest absolute Gasteiger partial charge is 0.249 e. The van der Waals surface area contributed by atoms with Gasteiger partial charge < -0.3 is 4.90 Å². The lowest BCUT2D eigenvalue weighted by Gasteiger charge is -2.28. The first-order valence-corrected chi connectivity index (χ1v) is 9.75. The molecular weight excluding hydrogens is 322 g/mol. The van der Waals surface area contributed by atoms with Crippen molar-refractivity contribution < 1.29 is 4.79 Å². The Hall–Kier alpha value is -2.10. The zero-order chi connectivity index (χ0) is 18.8. The van der Waals surface area contributed by atoms with Crippen molar-refractivity contribution in [3.8, 4) is 0 Å². The number of aryl methyl sites for hydroxylation is 2. The molecule has 0 aliphatic carbocycles. The van der Waals surface area contributed by atoms with E-state index in [0.29, 0.717) is 5.92 Å². The van der Waals surface area contributed by atoms with Crippen LogP contribution in [0.5, 0.6) is 0 Å². The summed E-state index contributed by atoms with van der Waals surface area (Å²) in [6, 6.07) is 6.44. The molecule has 0 atom stereocenters. The molecule has 1 fully saturated rings. The van der Waals surface area contributed by atoms with Crippen molar-refractivity contribution in [3.05, 3.63) is 40.6 Å². The van der Waals surface area contributed by atoms with Gasteiger partial charge in [-0.3, -0.25) is 9.48 Å². The van der Waals surface area contributed by atoms with E-state index in [2.05, 4.69) is 25.1 Å². The van der Waals surface area contributed by atoms with Crippen molar-refractivity contribution in [2.75, 3.05) is 13.1 Å². The fourth-order valence-corrected chi connectivity index (χ4v) is 4.05. The maximum absolute atomic E-state index is 12.6. The van der Waals surface area contributed by atoms with Gasteiger partial charge in [-0.1, -0.05) is 17.7 Å². The lowest BCUT2D eigenvalue weighted by Crippen LogP contribution is -2.35. The lowest BCUT2D eigenvalue weighted by atomic mass is 9.89. The number of hydrogen-bond donors (Lipinski definition) is 0. The van der Waals surface area contributed by atoms with Crippen LogP contribution in [0.25, 0.3) is 10.9 Å². The Morgan fingerprint density at radius 2 is 1.77 bits per heavy atom. The van der Waals surface area contributed by atoms with Gasteiger partial charge in [-0.2, -0.15) is 5.10 Å². The molecule has 1 aromatic carbocycles. The molecule has 2 heterocycles. The van der Waals surface area contributed by atoms with Crippen molar-refractivity contribution >= 4 is 16.8 Å². The Kier molecular flexibility index (Phi) is 5.49. The third kappa shape index (κ3) is 3.55. The first-order chi connectivity index (χ1) is 12.4. The number of amides is 1. The van der Waals surface area contributed by atoms with Crippen LogP contribution in [0.1, 0.15) is 63.6 Å². The Bertz CT molecular complexity index is 832. The van der Waals surface area contributed by atoms with Crippen LogP contribution in [-0.2, 0) is 11.8 Å². The molecule has 1 aromatic heterocycles. The number of fused-ring (bicyclic) bond motifs is 1. The Labute approximate surface area is 156 Å². The summed E-state index contributed by atoms with van der Waals surface area (Å²) in [6.07, 6.45) is 4.27. The number of allylic oxidation sites excluding steroid dienone is 1. The largest absolute Gasteiger partial charge is 0.339 e. The molecule has 1 saturated heterocycles. The van der Waals surface area contributed by atoms with E-state index in [-0.39, 0.29) is 5.91 Å². The molecule has 0 unspecified atom stereocenters. The minimum atomic E-state index is 0.211. The predicted octanol–water partition coefficient (Wildman–Crippen LogP) is 4.72. The fourth-order valence-electron chi connectivity index (χ4n) is 4.05. The number of nitrogens with zero attached hydrogens (tertiary/aromatic N) is 3. The number of hydrogen-bond acceptors (Lipinski definition) is 2. The van der Waals surface area contributed by atoms with Gasteiger partial charge in [0.25, 0.3) is 0 Å². The highest BCUT2D eigenvalue weighted by atomic mass is 16.2. The van der Waals surface area contributed by atoms with Crippen molar-refractivity contribution in [2.24, 2.45) is 7.05 Å². The first kappa shape index (κ1) is 18.7. The average Bonchev–Trinajstić information content (AvgIpc) is 2.92. The van der Waals surface area contributed by atoms with Crippen molar-refractivity contribution in [1.82, 2.24) is 14.7 Å². The van der Waals surface area contributed by atoms with Crippen LogP contribution < -0.4 is 0 Å². The van der Waals surface area contributed by atoms with Gasteiger partial charge in [0.05, 0.1) is 11.2 Å². The number of carbonyl (C=O) groups excluding carboxylic acids is 1. The van der Waals surface area contributed by atoms with Crippen molar-refractivity contribution in [1.29, 1.82) is 0 Å². The SMILES string of the molecule is CC(C)=C(C)C(=O)N1CCCC(c2nn(C)c3cccc(C)c23)CCC1. The van der Waals surface area contributed by atoms with Crippen LogP contribution in [0.3, 0.4) is 0 Å². The van der Waals surface area contributed by atoms with Crippen molar-refractivity contribution in [2.45, 2.75) is 59.3 Å². The zero-order valence-electron chi connectivity index (χ0n) is 16.8. The van der Waals surface area contributed by atoms with Crippen LogP contribution in [0, 0.1) is 6.92 Å². The van der Waals surface area contributed by atoms with Gasteiger partial charge in [-0.05, 0) is 65.0 Å². The van der Waals surface area contributed by atoms with Gasteiger partial charge in [-0.25, -0.2) is 0 Å². The Morgan fingerprint density at radius 3 is 2.38 bits per heavy atom. The van der Waals surface area contributed by atoms with Gasteiger partial charge in [0.2, 0.25) is 5.91 Å². The van der Waals surface area contributed by atoms with E-state index < -0.39 is 0 Å². The molecule has 0 saturated carbocycles. The highest BCUT2D eigenvalue weighted by Gasteiger charge is 2.24. The van der Waals surface area contributed by atoms with E-state index in [1.165, 1.54) is 22.2 Å². The topological polar surface area (TPSA) is 38.1 Å². The average molecular weight is 354 g/mol. The molecule has 140 valence electrons. The molecule has 1 amide bonds. The summed E-state index contributed by atoms with van der Waals surface area (Å²) >= 11 is 0. The molecule has 1 aliphatic rings. The summed E-state index contributed by atoms with van der Waals surface area (Å²) in [5.41, 5.74) is 5.79. The maximum atomic E-state index is 12.6. The molecule has 3 rings (SSSR count). The number of likely N-dealkylation sites (tertiary alicyclic amines) is 1. The van der Waals surface area contributed by atoms with E-state index in [1.807, 2.05) is 37.4 Å². The Morgan fingerprint density at radius 1 is 1.12 bits per heavy atom. The summed E-state index contributed by atoms with van der Waals surface area (Å²) < 4.78 is 2.02. The fraction of sp³-hybridized carbons (Fsp3) is 0.545. The summed E-state index contributed by atoms with van der Waals surface area (Å²) in [5.74, 6) is 0.698. The number of carbonyl (C=O) groups is 1.